The average molecular weight is 261 g/mol. The van der Waals surface area contributed by atoms with Crippen LogP contribution < -0.4 is 5.32 Å². The van der Waals surface area contributed by atoms with Gasteiger partial charge in [0.2, 0.25) is 0 Å². The molecule has 1 unspecified atom stereocenters. The second-order valence-corrected chi connectivity index (χ2v) is 5.85. The molecule has 3 heteroatoms. The van der Waals surface area contributed by atoms with Gasteiger partial charge in [-0.3, -0.25) is 0 Å². The quantitative estimate of drug-likeness (QED) is 0.864. The van der Waals surface area contributed by atoms with E-state index >= 15 is 0 Å². The van der Waals surface area contributed by atoms with Crippen molar-refractivity contribution in [3.8, 4) is 0 Å². The van der Waals surface area contributed by atoms with Crippen molar-refractivity contribution in [2.75, 3.05) is 0 Å². The monoisotopic (exact) mass is 261 g/mol. The third-order valence-electron chi connectivity index (χ3n) is 3.01. The molecule has 2 N–H and O–H groups in total. The van der Waals surface area contributed by atoms with Crippen LogP contribution in [0, 0.1) is 6.92 Å². The van der Waals surface area contributed by atoms with Gasteiger partial charge in [-0.05, 0) is 37.1 Å². The summed E-state index contributed by atoms with van der Waals surface area (Å²) in [5.41, 5.74) is 2.20. The fourth-order valence-corrected chi connectivity index (χ4v) is 2.72. The zero-order chi connectivity index (χ0) is 13.0. The minimum absolute atomic E-state index is 0.110. The summed E-state index contributed by atoms with van der Waals surface area (Å²) in [5.74, 6) is 0. The van der Waals surface area contributed by atoms with E-state index in [4.69, 9.17) is 5.11 Å². The van der Waals surface area contributed by atoms with Gasteiger partial charge >= 0.3 is 0 Å². The van der Waals surface area contributed by atoms with E-state index in [0.717, 1.165) is 12.1 Å². The Morgan fingerprint density at radius 3 is 2.33 bits per heavy atom. The lowest BCUT2D eigenvalue weighted by atomic mass is 10.1. The Kier molecular flexibility index (Phi) is 4.53. The number of aliphatic hydroxyl groups is 1. The zero-order valence-electron chi connectivity index (χ0n) is 10.8. The Morgan fingerprint density at radius 2 is 1.78 bits per heavy atom. The third kappa shape index (κ3) is 3.42. The standard InChI is InChI=1S/C15H19NOS/c1-11-3-8-15(18-11)12(2)16-9-13-4-6-14(10-17)7-5-13/h3-8,12,16-17H,9-10H2,1-2H3. The lowest BCUT2D eigenvalue weighted by Gasteiger charge is -2.12. The number of rotatable bonds is 5. The summed E-state index contributed by atoms with van der Waals surface area (Å²) < 4.78 is 0. The molecule has 0 saturated carbocycles. The topological polar surface area (TPSA) is 32.3 Å². The van der Waals surface area contributed by atoms with E-state index in [1.54, 1.807) is 0 Å². The molecule has 18 heavy (non-hydrogen) atoms. The normalized spacial score (nSPS) is 12.6. The maximum atomic E-state index is 8.98. The first kappa shape index (κ1) is 13.3. The molecule has 2 rings (SSSR count). The minimum atomic E-state index is 0.110. The van der Waals surface area contributed by atoms with Crippen molar-refractivity contribution in [3.63, 3.8) is 0 Å². The second kappa shape index (κ2) is 6.14. The number of benzene rings is 1. The fraction of sp³-hybridized carbons (Fsp3) is 0.333. The van der Waals surface area contributed by atoms with E-state index in [0.29, 0.717) is 6.04 Å². The Bertz CT molecular complexity index is 489. The van der Waals surface area contributed by atoms with E-state index in [2.05, 4.69) is 43.4 Å². The van der Waals surface area contributed by atoms with Gasteiger partial charge in [0.1, 0.15) is 0 Å². The summed E-state index contributed by atoms with van der Waals surface area (Å²) in [5, 5.41) is 12.5. The fourth-order valence-electron chi connectivity index (χ4n) is 1.82. The molecule has 1 aromatic heterocycles. The summed E-state index contributed by atoms with van der Waals surface area (Å²) in [4.78, 5) is 2.73. The Hall–Kier alpha value is -1.16. The van der Waals surface area contributed by atoms with Crippen molar-refractivity contribution in [3.05, 3.63) is 57.3 Å². The summed E-state index contributed by atoms with van der Waals surface area (Å²) in [6.45, 7) is 5.28. The van der Waals surface area contributed by atoms with Crippen LogP contribution in [0.5, 0.6) is 0 Å². The first-order chi connectivity index (χ1) is 8.69. The van der Waals surface area contributed by atoms with Crippen LogP contribution in [-0.4, -0.2) is 5.11 Å². The molecule has 0 aliphatic rings. The lowest BCUT2D eigenvalue weighted by Crippen LogP contribution is -2.17. The minimum Gasteiger partial charge on any atom is -0.392 e. The Labute approximate surface area is 112 Å². The molecule has 0 radical (unpaired) electrons. The van der Waals surface area contributed by atoms with Crippen molar-refractivity contribution < 1.29 is 5.11 Å². The molecule has 0 bridgehead atoms. The first-order valence-corrected chi connectivity index (χ1v) is 6.99. The van der Waals surface area contributed by atoms with Gasteiger partial charge in [-0.15, -0.1) is 11.3 Å². The SMILES string of the molecule is Cc1ccc(C(C)NCc2ccc(CO)cc2)s1. The van der Waals surface area contributed by atoms with Gasteiger partial charge in [0.15, 0.2) is 0 Å². The number of thiophene rings is 1. The van der Waals surface area contributed by atoms with Gasteiger partial charge in [-0.25, -0.2) is 0 Å². The molecule has 0 fully saturated rings. The summed E-state index contributed by atoms with van der Waals surface area (Å²) >= 11 is 1.84. The van der Waals surface area contributed by atoms with Crippen molar-refractivity contribution in [1.82, 2.24) is 5.32 Å². The van der Waals surface area contributed by atoms with Crippen LogP contribution in [0.25, 0.3) is 0 Å². The van der Waals surface area contributed by atoms with Gasteiger partial charge in [-0.2, -0.15) is 0 Å². The first-order valence-electron chi connectivity index (χ1n) is 6.17. The molecule has 0 amide bonds. The molecule has 96 valence electrons. The predicted molar refractivity (Wildman–Crippen MR) is 76.7 cm³/mol. The Morgan fingerprint density at radius 1 is 1.11 bits per heavy atom. The highest BCUT2D eigenvalue weighted by molar-refractivity contribution is 7.12. The molecule has 2 aromatic rings. The molecule has 1 aromatic carbocycles. The van der Waals surface area contributed by atoms with Crippen molar-refractivity contribution in [2.45, 2.75) is 33.0 Å². The summed E-state index contributed by atoms with van der Waals surface area (Å²) in [6, 6.07) is 12.8. The van der Waals surface area contributed by atoms with Gasteiger partial charge in [0, 0.05) is 22.3 Å². The zero-order valence-corrected chi connectivity index (χ0v) is 11.6. The van der Waals surface area contributed by atoms with Gasteiger partial charge < -0.3 is 10.4 Å². The molecule has 0 saturated heterocycles. The molecular formula is C15H19NOS. The van der Waals surface area contributed by atoms with Crippen LogP contribution in [0.4, 0.5) is 0 Å². The van der Waals surface area contributed by atoms with Gasteiger partial charge in [0.25, 0.3) is 0 Å². The second-order valence-electron chi connectivity index (χ2n) is 4.53. The predicted octanol–water partition coefficient (Wildman–Crippen LogP) is 3.40. The van der Waals surface area contributed by atoms with E-state index in [-0.39, 0.29) is 6.61 Å². The highest BCUT2D eigenvalue weighted by Gasteiger charge is 2.06. The third-order valence-corrected chi connectivity index (χ3v) is 4.19. The molecule has 0 aliphatic heterocycles. The Balaban J connectivity index is 1.90. The lowest BCUT2D eigenvalue weighted by molar-refractivity contribution is 0.282. The van der Waals surface area contributed by atoms with Crippen LogP contribution in [0.3, 0.4) is 0 Å². The smallest absolute Gasteiger partial charge is 0.0681 e. The van der Waals surface area contributed by atoms with E-state index in [1.807, 2.05) is 23.5 Å². The van der Waals surface area contributed by atoms with E-state index < -0.39 is 0 Å². The molecule has 2 nitrogen and oxygen atoms in total. The van der Waals surface area contributed by atoms with E-state index in [9.17, 15) is 0 Å². The van der Waals surface area contributed by atoms with Crippen LogP contribution >= 0.6 is 11.3 Å². The van der Waals surface area contributed by atoms with Crippen LogP contribution in [-0.2, 0) is 13.2 Å². The van der Waals surface area contributed by atoms with Crippen LogP contribution in [0.15, 0.2) is 36.4 Å². The molecule has 0 spiro atoms. The number of aliphatic hydroxyl groups excluding tert-OH is 1. The molecule has 0 aliphatic carbocycles. The molecule has 1 heterocycles. The van der Waals surface area contributed by atoms with E-state index in [1.165, 1.54) is 15.3 Å². The number of aryl methyl sites for hydroxylation is 1. The van der Waals surface area contributed by atoms with Crippen molar-refractivity contribution in [1.29, 1.82) is 0 Å². The van der Waals surface area contributed by atoms with Gasteiger partial charge in [0.05, 0.1) is 6.61 Å². The number of hydrogen-bond acceptors (Lipinski definition) is 3. The molecule has 1 atom stereocenters. The average Bonchev–Trinajstić information content (AvgIpc) is 2.83. The molecular weight excluding hydrogens is 242 g/mol. The van der Waals surface area contributed by atoms with Gasteiger partial charge in [-0.1, -0.05) is 24.3 Å². The maximum Gasteiger partial charge on any atom is 0.0681 e. The summed E-state index contributed by atoms with van der Waals surface area (Å²) in [7, 11) is 0. The maximum absolute atomic E-state index is 8.98. The number of nitrogens with one attached hydrogen (secondary N) is 1. The largest absolute Gasteiger partial charge is 0.392 e. The van der Waals surface area contributed by atoms with Crippen molar-refractivity contribution in [2.24, 2.45) is 0 Å². The van der Waals surface area contributed by atoms with Crippen molar-refractivity contribution >= 4 is 11.3 Å². The van der Waals surface area contributed by atoms with Crippen LogP contribution in [0.1, 0.15) is 33.8 Å². The number of hydrogen-bond donors (Lipinski definition) is 2. The summed E-state index contributed by atoms with van der Waals surface area (Å²) in [6.07, 6.45) is 0. The highest BCUT2D eigenvalue weighted by atomic mass is 32.1. The highest BCUT2D eigenvalue weighted by Crippen LogP contribution is 2.22. The van der Waals surface area contributed by atoms with Crippen LogP contribution in [0.2, 0.25) is 0 Å².